The highest BCUT2D eigenvalue weighted by Crippen LogP contribution is 2.39. The van der Waals surface area contributed by atoms with E-state index >= 15 is 0 Å². The molecule has 0 aliphatic rings. The molecule has 1 aromatic carbocycles. The van der Waals surface area contributed by atoms with Gasteiger partial charge in [-0.2, -0.15) is 4.98 Å². The summed E-state index contributed by atoms with van der Waals surface area (Å²) in [6.45, 7) is 3.79. The first kappa shape index (κ1) is 19.6. The molecule has 148 valence electrons. The molecule has 0 bridgehead atoms. The molecule has 0 saturated heterocycles. The molecule has 0 radical (unpaired) electrons. The van der Waals surface area contributed by atoms with Crippen LogP contribution in [-0.2, 0) is 6.42 Å². The van der Waals surface area contributed by atoms with E-state index in [1.807, 2.05) is 36.7 Å². The van der Waals surface area contributed by atoms with Gasteiger partial charge in [0.1, 0.15) is 16.4 Å². The van der Waals surface area contributed by atoms with Gasteiger partial charge in [-0.15, -0.1) is 11.3 Å². The van der Waals surface area contributed by atoms with Crippen molar-refractivity contribution in [1.82, 2.24) is 15.0 Å². The summed E-state index contributed by atoms with van der Waals surface area (Å²) >= 11 is 7.86. The molecule has 0 unspecified atom stereocenters. The molecule has 5 nitrogen and oxygen atoms in total. The van der Waals surface area contributed by atoms with Crippen molar-refractivity contribution in [3.05, 3.63) is 65.0 Å². The number of anilines is 1. The Morgan fingerprint density at radius 3 is 2.52 bits per heavy atom. The van der Waals surface area contributed by atoms with E-state index in [1.54, 1.807) is 18.4 Å². The Morgan fingerprint density at radius 1 is 1.07 bits per heavy atom. The Balaban J connectivity index is 1.74. The van der Waals surface area contributed by atoms with Crippen LogP contribution < -0.4 is 9.64 Å². The average molecular weight is 425 g/mol. The lowest BCUT2D eigenvalue weighted by Crippen LogP contribution is -2.26. The van der Waals surface area contributed by atoms with Crippen molar-refractivity contribution in [1.29, 1.82) is 0 Å². The van der Waals surface area contributed by atoms with Crippen LogP contribution in [0.4, 0.5) is 5.82 Å². The molecular formula is C22H21ClN4OS. The summed E-state index contributed by atoms with van der Waals surface area (Å²) in [6.07, 6.45) is 4.56. The molecule has 0 fully saturated rings. The number of methoxy groups -OCH3 is 1. The standard InChI is InChI=1S/C22H21ClN4OS/c1-3-27(13-10-15-8-11-24-12-9-15)20-19-18(14-29-21(19)26-22(23)25-20)16-4-6-17(28-2)7-5-16/h4-9,11-12,14H,3,10,13H2,1-2H3. The highest BCUT2D eigenvalue weighted by atomic mass is 35.5. The summed E-state index contributed by atoms with van der Waals surface area (Å²) in [7, 11) is 1.67. The van der Waals surface area contributed by atoms with Gasteiger partial charge >= 0.3 is 0 Å². The first-order chi connectivity index (χ1) is 14.2. The average Bonchev–Trinajstić information content (AvgIpc) is 3.18. The molecule has 0 N–H and O–H groups in total. The number of halogens is 1. The maximum Gasteiger partial charge on any atom is 0.225 e. The van der Waals surface area contributed by atoms with Crippen LogP contribution in [0.15, 0.2) is 54.2 Å². The molecule has 29 heavy (non-hydrogen) atoms. The second-order valence-electron chi connectivity index (χ2n) is 6.56. The third kappa shape index (κ3) is 4.18. The number of pyridine rings is 1. The van der Waals surface area contributed by atoms with Crippen molar-refractivity contribution < 1.29 is 4.74 Å². The molecule has 4 rings (SSSR count). The van der Waals surface area contributed by atoms with Gasteiger partial charge in [0.25, 0.3) is 0 Å². The summed E-state index contributed by atoms with van der Waals surface area (Å²) in [5.74, 6) is 1.71. The van der Waals surface area contributed by atoms with Crippen molar-refractivity contribution in [2.24, 2.45) is 0 Å². The highest BCUT2D eigenvalue weighted by molar-refractivity contribution is 7.17. The van der Waals surface area contributed by atoms with Gasteiger partial charge in [0.05, 0.1) is 12.5 Å². The molecular weight excluding hydrogens is 404 g/mol. The number of ether oxygens (including phenoxy) is 1. The molecule has 4 aromatic rings. The SMILES string of the molecule is CCN(CCc1ccncc1)c1nc(Cl)nc2scc(-c3ccc(OC)cc3)c12. The van der Waals surface area contributed by atoms with Crippen LogP contribution in [0.5, 0.6) is 5.75 Å². The number of fused-ring (bicyclic) bond motifs is 1. The van der Waals surface area contributed by atoms with Gasteiger partial charge < -0.3 is 9.64 Å². The lowest BCUT2D eigenvalue weighted by atomic mass is 10.1. The zero-order valence-electron chi connectivity index (χ0n) is 16.3. The Morgan fingerprint density at radius 2 is 1.83 bits per heavy atom. The Kier molecular flexibility index (Phi) is 5.92. The molecule has 3 heterocycles. The number of hydrogen-bond donors (Lipinski definition) is 0. The predicted octanol–water partition coefficient (Wildman–Crippen LogP) is 5.48. The van der Waals surface area contributed by atoms with E-state index in [0.29, 0.717) is 0 Å². The van der Waals surface area contributed by atoms with Gasteiger partial charge in [-0.1, -0.05) is 12.1 Å². The van der Waals surface area contributed by atoms with Crippen LogP contribution >= 0.6 is 22.9 Å². The van der Waals surface area contributed by atoms with E-state index in [9.17, 15) is 0 Å². The molecule has 0 aliphatic carbocycles. The minimum Gasteiger partial charge on any atom is -0.497 e. The molecule has 0 atom stereocenters. The number of hydrogen-bond acceptors (Lipinski definition) is 6. The normalized spacial score (nSPS) is 11.0. The minimum atomic E-state index is 0.276. The largest absolute Gasteiger partial charge is 0.497 e. The third-order valence-electron chi connectivity index (χ3n) is 4.89. The van der Waals surface area contributed by atoms with Crippen LogP contribution in [0, 0.1) is 0 Å². The van der Waals surface area contributed by atoms with Crippen molar-refractivity contribution >= 4 is 39.0 Å². The van der Waals surface area contributed by atoms with Crippen molar-refractivity contribution in [3.63, 3.8) is 0 Å². The summed E-state index contributed by atoms with van der Waals surface area (Å²) in [5.41, 5.74) is 3.46. The number of rotatable bonds is 7. The van der Waals surface area contributed by atoms with Gasteiger partial charge in [-0.25, -0.2) is 4.98 Å². The van der Waals surface area contributed by atoms with Crippen LogP contribution in [0.1, 0.15) is 12.5 Å². The quantitative estimate of drug-likeness (QED) is 0.367. The fourth-order valence-corrected chi connectivity index (χ4v) is 4.49. The second kappa shape index (κ2) is 8.76. The fourth-order valence-electron chi connectivity index (χ4n) is 3.34. The van der Waals surface area contributed by atoms with E-state index in [1.165, 1.54) is 5.56 Å². The van der Waals surface area contributed by atoms with E-state index in [4.69, 9.17) is 16.3 Å². The predicted molar refractivity (Wildman–Crippen MR) is 120 cm³/mol. The number of aromatic nitrogens is 3. The Bertz CT molecular complexity index is 1100. The van der Waals surface area contributed by atoms with Gasteiger partial charge in [0.2, 0.25) is 5.28 Å². The Hall–Kier alpha value is -2.70. The van der Waals surface area contributed by atoms with E-state index in [-0.39, 0.29) is 5.28 Å². The molecule has 3 aromatic heterocycles. The fraction of sp³-hybridized carbons (Fsp3) is 0.227. The van der Waals surface area contributed by atoms with Gasteiger partial charge in [0, 0.05) is 36.4 Å². The molecule has 0 saturated carbocycles. The number of nitrogens with zero attached hydrogens (tertiary/aromatic N) is 4. The third-order valence-corrected chi connectivity index (χ3v) is 5.93. The molecule has 0 spiro atoms. The Labute approximate surface area is 179 Å². The van der Waals surface area contributed by atoms with Crippen LogP contribution in [0.25, 0.3) is 21.3 Å². The summed E-state index contributed by atoms with van der Waals surface area (Å²) in [4.78, 5) is 16.3. The van der Waals surface area contributed by atoms with Crippen molar-refractivity contribution in [2.45, 2.75) is 13.3 Å². The lowest BCUT2D eigenvalue weighted by molar-refractivity contribution is 0.415. The van der Waals surface area contributed by atoms with E-state index < -0.39 is 0 Å². The van der Waals surface area contributed by atoms with Gasteiger partial charge in [-0.05, 0) is 60.3 Å². The van der Waals surface area contributed by atoms with Gasteiger partial charge in [0.15, 0.2) is 0 Å². The topological polar surface area (TPSA) is 51.1 Å². The highest BCUT2D eigenvalue weighted by Gasteiger charge is 2.19. The zero-order valence-corrected chi connectivity index (χ0v) is 17.9. The molecule has 7 heteroatoms. The maximum absolute atomic E-state index is 6.27. The second-order valence-corrected chi connectivity index (χ2v) is 7.76. The van der Waals surface area contributed by atoms with Crippen molar-refractivity contribution in [2.75, 3.05) is 25.1 Å². The first-order valence-corrected chi connectivity index (χ1v) is 10.7. The van der Waals surface area contributed by atoms with Crippen LogP contribution in [0.2, 0.25) is 5.28 Å². The van der Waals surface area contributed by atoms with Gasteiger partial charge in [-0.3, -0.25) is 4.98 Å². The maximum atomic E-state index is 6.27. The van der Waals surface area contributed by atoms with Crippen molar-refractivity contribution in [3.8, 4) is 16.9 Å². The van der Waals surface area contributed by atoms with E-state index in [0.717, 1.165) is 52.4 Å². The number of likely N-dealkylation sites (N-methyl/N-ethyl adjacent to an activating group) is 1. The summed E-state index contributed by atoms with van der Waals surface area (Å²) in [6, 6.07) is 12.2. The van der Waals surface area contributed by atoms with Crippen LogP contribution in [-0.4, -0.2) is 35.2 Å². The number of benzene rings is 1. The lowest BCUT2D eigenvalue weighted by Gasteiger charge is -2.23. The smallest absolute Gasteiger partial charge is 0.225 e. The van der Waals surface area contributed by atoms with E-state index in [2.05, 4.69) is 44.3 Å². The zero-order chi connectivity index (χ0) is 20.2. The minimum absolute atomic E-state index is 0.276. The first-order valence-electron chi connectivity index (χ1n) is 9.42. The molecule has 0 aliphatic heterocycles. The summed E-state index contributed by atoms with van der Waals surface area (Å²) in [5, 5.41) is 3.44. The van der Waals surface area contributed by atoms with Crippen LogP contribution in [0.3, 0.4) is 0 Å². The summed E-state index contributed by atoms with van der Waals surface area (Å²) < 4.78 is 5.29. The number of thiophene rings is 1. The monoisotopic (exact) mass is 424 g/mol. The molecule has 0 amide bonds.